The van der Waals surface area contributed by atoms with E-state index in [-0.39, 0.29) is 24.3 Å². The number of aromatic nitrogens is 2. The molecule has 2 amide bonds. The van der Waals surface area contributed by atoms with Gasteiger partial charge in [0.2, 0.25) is 0 Å². The molecule has 200 valence electrons. The second kappa shape index (κ2) is 11.5. The zero-order chi connectivity index (χ0) is 26.6. The van der Waals surface area contributed by atoms with Crippen LogP contribution in [-0.2, 0) is 4.79 Å². The summed E-state index contributed by atoms with van der Waals surface area (Å²) in [6.45, 7) is 10.3. The van der Waals surface area contributed by atoms with Gasteiger partial charge in [-0.2, -0.15) is 0 Å². The zero-order valence-corrected chi connectivity index (χ0v) is 23.2. The zero-order valence-electron chi connectivity index (χ0n) is 22.4. The molecule has 2 aliphatic rings. The standard InChI is InChI=1S/C29H35N5O3S/c1-20-7-8-24(17-21(20)2)37-18-27(35)33-11-9-23(10-12-33)28-31-25(19-38-28)29(36)34-15-13-32(14-16-34)26-6-4-5-22(3)30-26/h4-8,17,19,23H,9-16,18H2,1-3H3. The normalized spacial score (nSPS) is 16.6. The highest BCUT2D eigenvalue weighted by molar-refractivity contribution is 7.09. The predicted molar refractivity (Wildman–Crippen MR) is 149 cm³/mol. The van der Waals surface area contributed by atoms with Gasteiger partial charge in [-0.3, -0.25) is 9.59 Å². The van der Waals surface area contributed by atoms with Gasteiger partial charge in [-0.05, 0) is 69.0 Å². The van der Waals surface area contributed by atoms with Crippen LogP contribution in [0.1, 0.15) is 51.1 Å². The van der Waals surface area contributed by atoms with E-state index in [0.29, 0.717) is 31.9 Å². The van der Waals surface area contributed by atoms with Gasteiger partial charge in [0, 0.05) is 56.3 Å². The average Bonchev–Trinajstić information content (AvgIpc) is 3.44. The van der Waals surface area contributed by atoms with Gasteiger partial charge in [0.25, 0.3) is 11.8 Å². The fourth-order valence-electron chi connectivity index (χ4n) is 4.99. The largest absolute Gasteiger partial charge is 0.484 e. The van der Waals surface area contributed by atoms with Crippen molar-refractivity contribution < 1.29 is 14.3 Å². The van der Waals surface area contributed by atoms with E-state index in [9.17, 15) is 9.59 Å². The van der Waals surface area contributed by atoms with Gasteiger partial charge in [0.1, 0.15) is 17.3 Å². The number of rotatable bonds is 6. The smallest absolute Gasteiger partial charge is 0.273 e. The Balaban J connectivity index is 1.09. The minimum absolute atomic E-state index is 0.000423. The maximum atomic E-state index is 13.1. The van der Waals surface area contributed by atoms with E-state index in [1.807, 2.05) is 65.4 Å². The van der Waals surface area contributed by atoms with Gasteiger partial charge in [0.15, 0.2) is 6.61 Å². The molecule has 0 N–H and O–H groups in total. The fraction of sp³-hybridized carbons (Fsp3) is 0.448. The highest BCUT2D eigenvalue weighted by atomic mass is 32.1. The van der Waals surface area contributed by atoms with Gasteiger partial charge >= 0.3 is 0 Å². The Morgan fingerprint density at radius 1 is 0.921 bits per heavy atom. The molecule has 2 fully saturated rings. The molecule has 0 spiro atoms. The molecule has 3 aromatic rings. The third kappa shape index (κ3) is 5.99. The maximum absolute atomic E-state index is 13.1. The third-order valence-electron chi connectivity index (χ3n) is 7.54. The van der Waals surface area contributed by atoms with Crippen LogP contribution in [0.15, 0.2) is 41.8 Å². The molecule has 4 heterocycles. The number of benzene rings is 1. The number of aryl methyl sites for hydroxylation is 3. The predicted octanol–water partition coefficient (Wildman–Crippen LogP) is 4.21. The molecule has 9 heteroatoms. The number of carbonyl (C=O) groups excluding carboxylic acids is 2. The highest BCUT2D eigenvalue weighted by Crippen LogP contribution is 2.31. The minimum Gasteiger partial charge on any atom is -0.484 e. The highest BCUT2D eigenvalue weighted by Gasteiger charge is 2.28. The summed E-state index contributed by atoms with van der Waals surface area (Å²) >= 11 is 1.56. The Labute approximate surface area is 228 Å². The lowest BCUT2D eigenvalue weighted by molar-refractivity contribution is -0.134. The number of carbonyl (C=O) groups is 2. The number of hydrogen-bond acceptors (Lipinski definition) is 7. The summed E-state index contributed by atoms with van der Waals surface area (Å²) in [6, 6.07) is 11.9. The van der Waals surface area contributed by atoms with E-state index < -0.39 is 0 Å². The summed E-state index contributed by atoms with van der Waals surface area (Å²) in [5.41, 5.74) is 3.89. The van der Waals surface area contributed by atoms with Crippen molar-refractivity contribution in [3.63, 3.8) is 0 Å². The lowest BCUT2D eigenvalue weighted by Crippen LogP contribution is -2.49. The Morgan fingerprint density at radius 2 is 1.68 bits per heavy atom. The van der Waals surface area contributed by atoms with E-state index in [4.69, 9.17) is 9.72 Å². The molecular weight excluding hydrogens is 498 g/mol. The van der Waals surface area contributed by atoms with Gasteiger partial charge < -0.3 is 19.4 Å². The van der Waals surface area contributed by atoms with Crippen molar-refractivity contribution in [2.24, 2.45) is 0 Å². The first-order valence-electron chi connectivity index (χ1n) is 13.3. The van der Waals surface area contributed by atoms with Crippen molar-refractivity contribution in [2.45, 2.75) is 39.5 Å². The quantitative estimate of drug-likeness (QED) is 0.472. The summed E-state index contributed by atoms with van der Waals surface area (Å²) in [5.74, 6) is 1.98. The Morgan fingerprint density at radius 3 is 2.39 bits per heavy atom. The van der Waals surface area contributed by atoms with Crippen LogP contribution >= 0.6 is 11.3 Å². The number of amides is 2. The number of hydrogen-bond donors (Lipinski definition) is 0. The first kappa shape index (κ1) is 26.2. The van der Waals surface area contributed by atoms with Gasteiger partial charge in [-0.25, -0.2) is 9.97 Å². The molecule has 2 aromatic heterocycles. The van der Waals surface area contributed by atoms with E-state index in [1.165, 1.54) is 5.56 Å². The molecule has 2 saturated heterocycles. The molecule has 1 aromatic carbocycles. The molecule has 8 nitrogen and oxygen atoms in total. The SMILES string of the molecule is Cc1cccc(N2CCN(C(=O)c3csc(C4CCN(C(=O)COc5ccc(C)c(C)c5)CC4)n3)CC2)n1. The Bertz CT molecular complexity index is 1290. The summed E-state index contributed by atoms with van der Waals surface area (Å²) in [7, 11) is 0. The van der Waals surface area contributed by atoms with Crippen molar-refractivity contribution in [3.8, 4) is 5.75 Å². The molecule has 0 radical (unpaired) electrons. The van der Waals surface area contributed by atoms with Crippen LogP contribution in [0.2, 0.25) is 0 Å². The van der Waals surface area contributed by atoms with E-state index in [1.54, 1.807) is 11.3 Å². The monoisotopic (exact) mass is 533 g/mol. The summed E-state index contributed by atoms with van der Waals surface area (Å²) in [6.07, 6.45) is 1.69. The van der Waals surface area contributed by atoms with Crippen LogP contribution in [0.4, 0.5) is 5.82 Å². The van der Waals surface area contributed by atoms with E-state index in [2.05, 4.69) is 16.8 Å². The number of thiazole rings is 1. The molecule has 2 aliphatic heterocycles. The number of piperidine rings is 1. The van der Waals surface area contributed by atoms with Gasteiger partial charge in [-0.15, -0.1) is 11.3 Å². The van der Waals surface area contributed by atoms with Crippen LogP contribution in [-0.4, -0.2) is 77.5 Å². The Hall–Kier alpha value is -3.46. The summed E-state index contributed by atoms with van der Waals surface area (Å²) in [4.78, 5) is 41.2. The first-order chi connectivity index (χ1) is 18.4. The van der Waals surface area contributed by atoms with Crippen LogP contribution < -0.4 is 9.64 Å². The number of ether oxygens (including phenoxy) is 1. The fourth-order valence-corrected chi connectivity index (χ4v) is 5.96. The second-order valence-electron chi connectivity index (χ2n) is 10.2. The number of likely N-dealkylation sites (tertiary alicyclic amines) is 1. The van der Waals surface area contributed by atoms with Crippen molar-refractivity contribution in [3.05, 3.63) is 69.3 Å². The van der Waals surface area contributed by atoms with Crippen LogP contribution in [0.25, 0.3) is 0 Å². The van der Waals surface area contributed by atoms with Crippen molar-refractivity contribution in [1.29, 1.82) is 0 Å². The minimum atomic E-state index is 0.000423. The van der Waals surface area contributed by atoms with Crippen LogP contribution in [0.3, 0.4) is 0 Å². The third-order valence-corrected chi connectivity index (χ3v) is 8.55. The number of nitrogens with zero attached hydrogens (tertiary/aromatic N) is 5. The van der Waals surface area contributed by atoms with Crippen molar-refractivity contribution in [1.82, 2.24) is 19.8 Å². The first-order valence-corrected chi connectivity index (χ1v) is 14.2. The maximum Gasteiger partial charge on any atom is 0.273 e. The van der Waals surface area contributed by atoms with Gasteiger partial charge in [0.05, 0.1) is 5.01 Å². The molecule has 0 atom stereocenters. The average molecular weight is 534 g/mol. The molecule has 0 bridgehead atoms. The van der Waals surface area contributed by atoms with E-state index in [0.717, 1.165) is 53.8 Å². The lowest BCUT2D eigenvalue weighted by Gasteiger charge is -2.35. The number of pyridine rings is 1. The van der Waals surface area contributed by atoms with Crippen molar-refractivity contribution >= 4 is 29.0 Å². The van der Waals surface area contributed by atoms with Crippen LogP contribution in [0, 0.1) is 20.8 Å². The molecule has 0 saturated carbocycles. The van der Waals surface area contributed by atoms with E-state index >= 15 is 0 Å². The summed E-state index contributed by atoms with van der Waals surface area (Å²) in [5, 5.41) is 2.88. The molecule has 38 heavy (non-hydrogen) atoms. The molecular formula is C29H35N5O3S. The topological polar surface area (TPSA) is 78.9 Å². The second-order valence-corrected chi connectivity index (χ2v) is 11.1. The van der Waals surface area contributed by atoms with Gasteiger partial charge in [-0.1, -0.05) is 12.1 Å². The number of piperazine rings is 1. The molecule has 5 rings (SSSR count). The van der Waals surface area contributed by atoms with Crippen molar-refractivity contribution in [2.75, 3.05) is 50.8 Å². The lowest BCUT2D eigenvalue weighted by atomic mass is 9.97. The Kier molecular flexibility index (Phi) is 7.93. The molecule has 0 aliphatic carbocycles. The van der Waals surface area contributed by atoms with Crippen LogP contribution in [0.5, 0.6) is 5.75 Å². The summed E-state index contributed by atoms with van der Waals surface area (Å²) < 4.78 is 5.74. The molecule has 0 unspecified atom stereocenters. The number of anilines is 1.